The van der Waals surface area contributed by atoms with Gasteiger partial charge >= 0.3 is 0 Å². The summed E-state index contributed by atoms with van der Waals surface area (Å²) in [5.74, 6) is -0.167. The maximum absolute atomic E-state index is 10.7. The number of rotatable bonds is 1. The van der Waals surface area contributed by atoms with E-state index in [1.54, 1.807) is 6.92 Å². The number of carbonyl (C=O) groups excluding carboxylic acids is 1. The second-order valence-electron chi connectivity index (χ2n) is 1.99. The molecule has 1 rings (SSSR count). The maximum atomic E-state index is 10.7. The first-order chi connectivity index (χ1) is 4.63. The average Bonchev–Trinajstić information content (AvgIpc) is 2.14. The van der Waals surface area contributed by atoms with E-state index in [9.17, 15) is 4.79 Å². The lowest BCUT2D eigenvalue weighted by Gasteiger charge is -1.87. The highest BCUT2D eigenvalue weighted by Crippen LogP contribution is 2.24. The van der Waals surface area contributed by atoms with Crippen LogP contribution in [0, 0.1) is 6.92 Å². The van der Waals surface area contributed by atoms with E-state index in [1.165, 1.54) is 6.92 Å². The molecule has 0 amide bonds. The van der Waals surface area contributed by atoms with Crippen molar-refractivity contribution in [3.8, 4) is 5.75 Å². The van der Waals surface area contributed by atoms with Crippen LogP contribution in [-0.4, -0.2) is 15.3 Å². The van der Waals surface area contributed by atoms with Crippen molar-refractivity contribution in [3.63, 3.8) is 0 Å². The Bertz CT molecular complexity index is 267. The van der Waals surface area contributed by atoms with Crippen molar-refractivity contribution in [3.05, 3.63) is 10.6 Å². The zero-order chi connectivity index (χ0) is 7.72. The predicted molar refractivity (Wildman–Crippen MR) is 38.5 cm³/mol. The summed E-state index contributed by atoms with van der Waals surface area (Å²) in [4.78, 5) is 11.3. The summed E-state index contributed by atoms with van der Waals surface area (Å²) in [5.41, 5.74) is 0.183. The highest BCUT2D eigenvalue weighted by atomic mass is 32.1. The van der Waals surface area contributed by atoms with Crippen LogP contribution < -0.4 is 0 Å². The smallest absolute Gasteiger partial charge is 0.183 e. The Morgan fingerprint density at radius 2 is 2.30 bits per heavy atom. The zero-order valence-corrected chi connectivity index (χ0v) is 6.53. The molecular weight excluding hydrogens is 150 g/mol. The molecule has 0 saturated heterocycles. The molecule has 1 N–H and O–H groups in total. The van der Waals surface area contributed by atoms with Gasteiger partial charge in [0.15, 0.2) is 17.2 Å². The van der Waals surface area contributed by atoms with Crippen molar-refractivity contribution in [2.24, 2.45) is 0 Å². The summed E-state index contributed by atoms with van der Waals surface area (Å²) in [5, 5.41) is 9.14. The lowest BCUT2D eigenvalue weighted by atomic mass is 10.3. The summed E-state index contributed by atoms with van der Waals surface area (Å²) < 4.78 is 3.76. The molecule has 0 fully saturated rings. The molecule has 10 heavy (non-hydrogen) atoms. The molecule has 0 aliphatic rings. The fourth-order valence-corrected chi connectivity index (χ4v) is 1.22. The molecule has 0 saturated carbocycles. The topological polar surface area (TPSA) is 50.2 Å². The molecule has 0 unspecified atom stereocenters. The van der Waals surface area contributed by atoms with Crippen molar-refractivity contribution in [2.45, 2.75) is 13.8 Å². The van der Waals surface area contributed by atoms with Gasteiger partial charge in [-0.1, -0.05) is 0 Å². The standard InChI is InChI=1S/C6H7NO2S/c1-3(8)5-6(9)4(2)10-7-5/h9H,1-2H3. The van der Waals surface area contributed by atoms with Crippen LogP contribution in [0.3, 0.4) is 0 Å². The van der Waals surface area contributed by atoms with Crippen LogP contribution in [0.15, 0.2) is 0 Å². The fourth-order valence-electron chi connectivity index (χ4n) is 0.598. The number of nitrogens with zero attached hydrogens (tertiary/aromatic N) is 1. The number of hydrogen-bond acceptors (Lipinski definition) is 4. The fraction of sp³-hybridized carbons (Fsp3) is 0.333. The van der Waals surface area contributed by atoms with Gasteiger partial charge < -0.3 is 5.11 Å². The first kappa shape index (κ1) is 7.21. The third kappa shape index (κ3) is 1.02. The summed E-state index contributed by atoms with van der Waals surface area (Å²) in [6.07, 6.45) is 0. The van der Waals surface area contributed by atoms with Crippen LogP contribution in [0.2, 0.25) is 0 Å². The Balaban J connectivity index is 3.17. The van der Waals surface area contributed by atoms with Crippen molar-refractivity contribution in [2.75, 3.05) is 0 Å². The molecule has 3 nitrogen and oxygen atoms in total. The van der Waals surface area contributed by atoms with Gasteiger partial charge in [0.1, 0.15) is 0 Å². The minimum absolute atomic E-state index is 0.0255. The first-order valence-electron chi connectivity index (χ1n) is 2.79. The second kappa shape index (κ2) is 2.38. The molecule has 0 bridgehead atoms. The molecule has 0 radical (unpaired) electrons. The largest absolute Gasteiger partial charge is 0.504 e. The minimum Gasteiger partial charge on any atom is -0.504 e. The number of aromatic hydroxyl groups is 1. The molecule has 0 aromatic carbocycles. The molecule has 1 aromatic rings. The molecule has 0 aliphatic heterocycles. The van der Waals surface area contributed by atoms with Gasteiger partial charge in [-0.15, -0.1) is 0 Å². The highest BCUT2D eigenvalue weighted by molar-refractivity contribution is 7.06. The van der Waals surface area contributed by atoms with Gasteiger partial charge in [0.05, 0.1) is 4.88 Å². The molecule has 54 valence electrons. The number of aryl methyl sites for hydroxylation is 1. The van der Waals surface area contributed by atoms with Gasteiger partial charge in [0.25, 0.3) is 0 Å². The molecule has 0 aliphatic carbocycles. The van der Waals surface area contributed by atoms with Crippen molar-refractivity contribution in [1.82, 2.24) is 4.37 Å². The number of Topliss-reactive ketones (excluding diaryl/α,β-unsaturated/α-hetero) is 1. The van der Waals surface area contributed by atoms with E-state index in [4.69, 9.17) is 5.11 Å². The van der Waals surface area contributed by atoms with Gasteiger partial charge in [-0.25, -0.2) is 0 Å². The van der Waals surface area contributed by atoms with E-state index in [1.807, 2.05) is 0 Å². The number of ketones is 1. The molecule has 1 heterocycles. The van der Waals surface area contributed by atoms with E-state index in [0.717, 1.165) is 11.5 Å². The van der Waals surface area contributed by atoms with Crippen LogP contribution in [-0.2, 0) is 0 Å². The maximum Gasteiger partial charge on any atom is 0.183 e. The van der Waals surface area contributed by atoms with Crippen LogP contribution >= 0.6 is 11.5 Å². The molecule has 0 spiro atoms. The minimum atomic E-state index is -0.193. The summed E-state index contributed by atoms with van der Waals surface area (Å²) >= 11 is 1.14. The third-order valence-corrected chi connectivity index (χ3v) is 1.91. The normalized spacial score (nSPS) is 9.80. The highest BCUT2D eigenvalue weighted by Gasteiger charge is 2.12. The summed E-state index contributed by atoms with van der Waals surface area (Å²) in [6.45, 7) is 3.10. The Morgan fingerprint density at radius 3 is 2.50 bits per heavy atom. The van der Waals surface area contributed by atoms with Gasteiger partial charge in [-0.3, -0.25) is 4.79 Å². The molecule has 1 aromatic heterocycles. The van der Waals surface area contributed by atoms with Gasteiger partial charge in [-0.2, -0.15) is 4.37 Å². The quantitative estimate of drug-likeness (QED) is 0.626. The van der Waals surface area contributed by atoms with E-state index in [2.05, 4.69) is 4.37 Å². The SMILES string of the molecule is CC(=O)c1nsc(C)c1O. The zero-order valence-electron chi connectivity index (χ0n) is 5.71. The predicted octanol–water partition coefficient (Wildman–Crippen LogP) is 1.36. The van der Waals surface area contributed by atoms with Crippen LogP contribution in [0.25, 0.3) is 0 Å². The van der Waals surface area contributed by atoms with Crippen LogP contribution in [0.4, 0.5) is 0 Å². The van der Waals surface area contributed by atoms with Crippen LogP contribution in [0.1, 0.15) is 22.3 Å². The van der Waals surface area contributed by atoms with E-state index >= 15 is 0 Å². The van der Waals surface area contributed by atoms with Gasteiger partial charge in [0.2, 0.25) is 0 Å². The number of hydrogen-bond donors (Lipinski definition) is 1. The lowest BCUT2D eigenvalue weighted by molar-refractivity contribution is 0.101. The summed E-state index contributed by atoms with van der Waals surface area (Å²) in [7, 11) is 0. The summed E-state index contributed by atoms with van der Waals surface area (Å²) in [6, 6.07) is 0. The number of aromatic nitrogens is 1. The van der Waals surface area contributed by atoms with E-state index < -0.39 is 0 Å². The Labute approximate surface area is 62.5 Å². The van der Waals surface area contributed by atoms with E-state index in [-0.39, 0.29) is 17.2 Å². The molecule has 0 atom stereocenters. The van der Waals surface area contributed by atoms with Crippen LogP contribution in [0.5, 0.6) is 5.75 Å². The Kier molecular flexibility index (Phi) is 1.72. The van der Waals surface area contributed by atoms with Crippen molar-refractivity contribution in [1.29, 1.82) is 0 Å². The van der Waals surface area contributed by atoms with Crippen molar-refractivity contribution >= 4 is 17.3 Å². The Hall–Kier alpha value is -0.900. The Morgan fingerprint density at radius 1 is 1.70 bits per heavy atom. The lowest BCUT2D eigenvalue weighted by Crippen LogP contribution is -1.90. The van der Waals surface area contributed by atoms with E-state index in [0.29, 0.717) is 4.88 Å². The average molecular weight is 157 g/mol. The monoisotopic (exact) mass is 157 g/mol. The van der Waals surface area contributed by atoms with Gasteiger partial charge in [-0.05, 0) is 18.5 Å². The molecular formula is C6H7NO2S. The van der Waals surface area contributed by atoms with Gasteiger partial charge in [0, 0.05) is 6.92 Å². The number of carbonyl (C=O) groups is 1. The van der Waals surface area contributed by atoms with Crippen molar-refractivity contribution < 1.29 is 9.90 Å². The second-order valence-corrected chi connectivity index (χ2v) is 2.97. The molecule has 4 heteroatoms. The first-order valence-corrected chi connectivity index (χ1v) is 3.56. The third-order valence-electron chi connectivity index (χ3n) is 1.17.